The van der Waals surface area contributed by atoms with E-state index in [1.54, 1.807) is 19.1 Å². The van der Waals surface area contributed by atoms with Gasteiger partial charge in [-0.2, -0.15) is 9.57 Å². The molecule has 0 aliphatic heterocycles. The van der Waals surface area contributed by atoms with Crippen molar-refractivity contribution in [3.8, 4) is 6.07 Å². The van der Waals surface area contributed by atoms with Crippen LogP contribution in [-0.2, 0) is 10.0 Å². The van der Waals surface area contributed by atoms with E-state index in [4.69, 9.17) is 5.26 Å². The van der Waals surface area contributed by atoms with Crippen LogP contribution in [0.15, 0.2) is 35.7 Å². The van der Waals surface area contributed by atoms with Gasteiger partial charge in [0.2, 0.25) is 10.0 Å². The van der Waals surface area contributed by atoms with Gasteiger partial charge in [0.05, 0.1) is 16.5 Å². The molecule has 0 radical (unpaired) electrons. The van der Waals surface area contributed by atoms with Crippen LogP contribution in [-0.4, -0.2) is 24.8 Å². The van der Waals surface area contributed by atoms with Crippen molar-refractivity contribution in [3.63, 3.8) is 0 Å². The van der Waals surface area contributed by atoms with E-state index in [9.17, 15) is 8.42 Å². The van der Waals surface area contributed by atoms with Gasteiger partial charge in [0.1, 0.15) is 0 Å². The van der Waals surface area contributed by atoms with Crippen molar-refractivity contribution in [2.24, 2.45) is 0 Å². The molecular weight excluding hydrogens is 272 g/mol. The third kappa shape index (κ3) is 3.27. The summed E-state index contributed by atoms with van der Waals surface area (Å²) in [6, 6.07) is 6.60. The number of benzene rings is 1. The van der Waals surface area contributed by atoms with Gasteiger partial charge < -0.3 is 0 Å². The van der Waals surface area contributed by atoms with Crippen LogP contribution < -0.4 is 0 Å². The van der Waals surface area contributed by atoms with Gasteiger partial charge in [-0.25, -0.2) is 8.42 Å². The molecule has 1 aromatic rings. The molecule has 0 aliphatic rings. The normalized spacial score (nSPS) is 12.2. The lowest BCUT2D eigenvalue weighted by atomic mass is 10.1. The molecule has 0 bridgehead atoms. The lowest BCUT2D eigenvalue weighted by molar-refractivity contribution is 0.269. The van der Waals surface area contributed by atoms with Crippen LogP contribution in [0.3, 0.4) is 0 Å². The first-order valence-electron chi connectivity index (χ1n) is 6.29. The third-order valence-electron chi connectivity index (χ3n) is 2.92. The Morgan fingerprint density at radius 1 is 1.40 bits per heavy atom. The van der Waals surface area contributed by atoms with Gasteiger partial charge in [-0.3, -0.25) is 0 Å². The van der Waals surface area contributed by atoms with Crippen LogP contribution in [0.2, 0.25) is 0 Å². The zero-order valence-corrected chi connectivity index (χ0v) is 13.2. The molecule has 0 atom stereocenters. The molecule has 0 unspecified atom stereocenters. The van der Waals surface area contributed by atoms with Gasteiger partial charge >= 0.3 is 0 Å². The molecule has 0 aliphatic carbocycles. The molecule has 5 heteroatoms. The Bertz CT molecular complexity index is 649. The summed E-state index contributed by atoms with van der Waals surface area (Å²) in [5, 5.41) is 8.86. The molecule has 108 valence electrons. The highest BCUT2D eigenvalue weighted by molar-refractivity contribution is 7.89. The van der Waals surface area contributed by atoms with Crippen LogP contribution in [0, 0.1) is 18.3 Å². The summed E-state index contributed by atoms with van der Waals surface area (Å²) in [4.78, 5) is 0.230. The van der Waals surface area contributed by atoms with Gasteiger partial charge in [0.25, 0.3) is 0 Å². The Hall–Kier alpha value is -1.64. The van der Waals surface area contributed by atoms with Crippen molar-refractivity contribution in [2.75, 3.05) is 6.54 Å². The minimum Gasteiger partial charge on any atom is -0.207 e. The van der Waals surface area contributed by atoms with E-state index in [2.05, 4.69) is 6.58 Å². The second kappa shape index (κ2) is 5.78. The average Bonchev–Trinajstić information content (AvgIpc) is 2.33. The summed E-state index contributed by atoms with van der Waals surface area (Å²) in [5.74, 6) is 0. The molecule has 0 amide bonds. The zero-order valence-electron chi connectivity index (χ0n) is 12.3. The van der Waals surface area contributed by atoms with E-state index in [1.165, 1.54) is 16.4 Å². The SMILES string of the molecule is C=CCN(C(C)(C)C)S(=O)(=O)c1ccc(C#N)cc1C. The maximum atomic E-state index is 12.8. The molecule has 0 aromatic heterocycles. The molecular formula is C15H20N2O2S. The third-order valence-corrected chi connectivity index (χ3v) is 5.21. The number of hydrogen-bond acceptors (Lipinski definition) is 3. The fourth-order valence-corrected chi connectivity index (χ4v) is 3.94. The minimum absolute atomic E-state index is 0.230. The van der Waals surface area contributed by atoms with Crippen molar-refractivity contribution < 1.29 is 8.42 Å². The first-order valence-corrected chi connectivity index (χ1v) is 7.73. The molecule has 0 N–H and O–H groups in total. The van der Waals surface area contributed by atoms with Crippen molar-refractivity contribution in [2.45, 2.75) is 38.1 Å². The summed E-state index contributed by atoms with van der Waals surface area (Å²) in [7, 11) is -3.62. The monoisotopic (exact) mass is 292 g/mol. The van der Waals surface area contributed by atoms with Crippen molar-refractivity contribution in [3.05, 3.63) is 42.0 Å². The second-order valence-electron chi connectivity index (χ2n) is 5.59. The molecule has 4 nitrogen and oxygen atoms in total. The molecule has 0 fully saturated rings. The lowest BCUT2D eigenvalue weighted by Crippen LogP contribution is -2.45. The Morgan fingerprint density at radius 2 is 2.00 bits per heavy atom. The second-order valence-corrected chi connectivity index (χ2v) is 7.42. The predicted octanol–water partition coefficient (Wildman–Crippen LogP) is 2.84. The number of rotatable bonds is 4. The number of aryl methyl sites for hydroxylation is 1. The first kappa shape index (κ1) is 16.4. The summed E-state index contributed by atoms with van der Waals surface area (Å²) in [5.41, 5.74) is 0.475. The molecule has 0 spiro atoms. The maximum absolute atomic E-state index is 12.8. The molecule has 1 aromatic carbocycles. The first-order chi connectivity index (χ1) is 9.14. The molecule has 0 heterocycles. The fourth-order valence-electron chi connectivity index (χ4n) is 1.98. The number of hydrogen-bond donors (Lipinski definition) is 0. The van der Waals surface area contributed by atoms with Crippen LogP contribution in [0.5, 0.6) is 0 Å². The average molecular weight is 292 g/mol. The topological polar surface area (TPSA) is 61.2 Å². The smallest absolute Gasteiger partial charge is 0.207 e. The Labute approximate surface area is 121 Å². The van der Waals surface area contributed by atoms with Crippen LogP contribution in [0.4, 0.5) is 0 Å². The minimum atomic E-state index is -3.62. The number of nitrogens with zero attached hydrogens (tertiary/aromatic N) is 2. The maximum Gasteiger partial charge on any atom is 0.244 e. The molecule has 20 heavy (non-hydrogen) atoms. The standard InChI is InChI=1S/C15H20N2O2S/c1-6-9-17(15(3,4)5)20(18,19)14-8-7-13(11-16)10-12(14)2/h6-8,10H,1,9H2,2-5H3. The van der Waals surface area contributed by atoms with Crippen LogP contribution in [0.1, 0.15) is 31.9 Å². The largest absolute Gasteiger partial charge is 0.244 e. The van der Waals surface area contributed by atoms with E-state index in [1.807, 2.05) is 26.8 Å². The summed E-state index contributed by atoms with van der Waals surface area (Å²) < 4.78 is 27.0. The zero-order chi connectivity index (χ0) is 15.6. The van der Waals surface area contributed by atoms with E-state index < -0.39 is 15.6 Å². The molecule has 0 saturated heterocycles. The van der Waals surface area contributed by atoms with Gasteiger partial charge in [-0.15, -0.1) is 6.58 Å². The fraction of sp³-hybridized carbons (Fsp3) is 0.400. The quantitative estimate of drug-likeness (QED) is 0.802. The Kier molecular flexibility index (Phi) is 4.74. The van der Waals surface area contributed by atoms with E-state index in [0.29, 0.717) is 11.1 Å². The number of sulfonamides is 1. The van der Waals surface area contributed by atoms with Crippen molar-refractivity contribution >= 4 is 10.0 Å². The van der Waals surface area contributed by atoms with Gasteiger partial charge in [-0.1, -0.05) is 6.08 Å². The highest BCUT2D eigenvalue weighted by atomic mass is 32.2. The van der Waals surface area contributed by atoms with Gasteiger partial charge in [-0.05, 0) is 51.5 Å². The summed E-state index contributed by atoms with van der Waals surface area (Å²) in [6.45, 7) is 11.1. The van der Waals surface area contributed by atoms with Crippen LogP contribution >= 0.6 is 0 Å². The molecule has 0 saturated carbocycles. The highest BCUT2D eigenvalue weighted by Gasteiger charge is 2.33. The molecule has 1 rings (SSSR count). The Balaban J connectivity index is 3.42. The number of nitriles is 1. The van der Waals surface area contributed by atoms with E-state index in [-0.39, 0.29) is 11.4 Å². The highest BCUT2D eigenvalue weighted by Crippen LogP contribution is 2.26. The lowest BCUT2D eigenvalue weighted by Gasteiger charge is -2.34. The van der Waals surface area contributed by atoms with E-state index >= 15 is 0 Å². The van der Waals surface area contributed by atoms with E-state index in [0.717, 1.165) is 0 Å². The predicted molar refractivity (Wildman–Crippen MR) is 79.7 cm³/mol. The summed E-state index contributed by atoms with van der Waals surface area (Å²) in [6.07, 6.45) is 1.57. The van der Waals surface area contributed by atoms with Gasteiger partial charge in [0.15, 0.2) is 0 Å². The van der Waals surface area contributed by atoms with Gasteiger partial charge in [0, 0.05) is 12.1 Å². The van der Waals surface area contributed by atoms with Crippen LogP contribution in [0.25, 0.3) is 0 Å². The van der Waals surface area contributed by atoms with Crippen molar-refractivity contribution in [1.82, 2.24) is 4.31 Å². The Morgan fingerprint density at radius 3 is 2.40 bits per heavy atom. The van der Waals surface area contributed by atoms with Crippen molar-refractivity contribution in [1.29, 1.82) is 5.26 Å². The summed E-state index contributed by atoms with van der Waals surface area (Å²) >= 11 is 0.